The lowest BCUT2D eigenvalue weighted by atomic mass is 10.1. The van der Waals surface area contributed by atoms with E-state index >= 15 is 0 Å². The van der Waals surface area contributed by atoms with Crippen LogP contribution >= 0.6 is 11.3 Å². The molecule has 27 heavy (non-hydrogen) atoms. The fourth-order valence-electron chi connectivity index (χ4n) is 2.52. The normalized spacial score (nSPS) is 11.3. The molecule has 9 heteroatoms. The van der Waals surface area contributed by atoms with Gasteiger partial charge in [-0.2, -0.15) is 0 Å². The Morgan fingerprint density at radius 3 is 2.74 bits per heavy atom. The van der Waals surface area contributed by atoms with E-state index in [0.29, 0.717) is 10.2 Å². The van der Waals surface area contributed by atoms with Gasteiger partial charge in [0.1, 0.15) is 0 Å². The van der Waals surface area contributed by atoms with Gasteiger partial charge in [0.25, 0.3) is 15.9 Å². The molecule has 1 aromatic heterocycles. The summed E-state index contributed by atoms with van der Waals surface area (Å²) in [6.45, 7) is 3.80. The molecule has 0 bridgehead atoms. The predicted molar refractivity (Wildman–Crippen MR) is 107 cm³/mol. The van der Waals surface area contributed by atoms with Gasteiger partial charge in [0.15, 0.2) is 0 Å². The van der Waals surface area contributed by atoms with Crippen LogP contribution in [0.3, 0.4) is 0 Å². The standard InChI is InChI=1S/C18H17N3O4S2/c1-3-10-19-17(22)13-6-4-5-7-14(13)20-27(24,25)12-8-9-15-16(11-12)26-18(23)21(15)2/h3-9,11,20H,1,10H2,2H3,(H,19,22). The zero-order valence-corrected chi connectivity index (χ0v) is 16.1. The predicted octanol–water partition coefficient (Wildman–Crippen LogP) is 2.32. The van der Waals surface area contributed by atoms with Crippen LogP contribution in [0.15, 0.2) is 64.8 Å². The van der Waals surface area contributed by atoms with Crippen LogP contribution in [0.5, 0.6) is 0 Å². The van der Waals surface area contributed by atoms with Crippen molar-refractivity contribution in [2.75, 3.05) is 11.3 Å². The van der Waals surface area contributed by atoms with Gasteiger partial charge in [-0.05, 0) is 30.3 Å². The number of aryl methyl sites for hydroxylation is 1. The minimum Gasteiger partial charge on any atom is -0.349 e. The van der Waals surface area contributed by atoms with E-state index in [2.05, 4.69) is 16.6 Å². The Morgan fingerprint density at radius 2 is 2.00 bits per heavy atom. The quantitative estimate of drug-likeness (QED) is 0.617. The fourth-order valence-corrected chi connectivity index (χ4v) is 4.61. The first kappa shape index (κ1) is 18.9. The number of para-hydroxylation sites is 1. The Balaban J connectivity index is 1.97. The van der Waals surface area contributed by atoms with Crippen LogP contribution in [0.1, 0.15) is 10.4 Å². The Labute approximate surface area is 160 Å². The molecule has 3 aromatic rings. The molecule has 3 rings (SSSR count). The van der Waals surface area contributed by atoms with Crippen LogP contribution in [0, 0.1) is 0 Å². The molecule has 0 atom stereocenters. The molecule has 0 saturated heterocycles. The number of amides is 1. The summed E-state index contributed by atoms with van der Waals surface area (Å²) in [5.41, 5.74) is 1.03. The molecule has 140 valence electrons. The number of hydrogen-bond acceptors (Lipinski definition) is 5. The van der Waals surface area contributed by atoms with Crippen molar-refractivity contribution >= 4 is 43.2 Å². The maximum Gasteiger partial charge on any atom is 0.307 e. The van der Waals surface area contributed by atoms with Crippen LogP contribution in [-0.4, -0.2) is 25.4 Å². The first-order valence-electron chi connectivity index (χ1n) is 7.94. The molecule has 7 nitrogen and oxygen atoms in total. The van der Waals surface area contributed by atoms with Gasteiger partial charge in [-0.15, -0.1) is 6.58 Å². The van der Waals surface area contributed by atoms with E-state index in [9.17, 15) is 18.0 Å². The van der Waals surface area contributed by atoms with E-state index < -0.39 is 15.9 Å². The third kappa shape index (κ3) is 3.79. The Bertz CT molecular complexity index is 1190. The zero-order valence-electron chi connectivity index (χ0n) is 14.4. The molecule has 0 unspecified atom stereocenters. The number of fused-ring (bicyclic) bond motifs is 1. The van der Waals surface area contributed by atoms with Crippen molar-refractivity contribution in [3.8, 4) is 0 Å². The van der Waals surface area contributed by atoms with Gasteiger partial charge in [-0.1, -0.05) is 29.5 Å². The van der Waals surface area contributed by atoms with Crippen molar-refractivity contribution in [2.24, 2.45) is 7.05 Å². The van der Waals surface area contributed by atoms with Crippen molar-refractivity contribution in [1.29, 1.82) is 0 Å². The van der Waals surface area contributed by atoms with Gasteiger partial charge >= 0.3 is 4.87 Å². The number of thiazole rings is 1. The largest absolute Gasteiger partial charge is 0.349 e. The minimum atomic E-state index is -3.94. The van der Waals surface area contributed by atoms with E-state index in [1.54, 1.807) is 25.2 Å². The van der Waals surface area contributed by atoms with Gasteiger partial charge in [0.2, 0.25) is 0 Å². The molecule has 0 spiro atoms. The van der Waals surface area contributed by atoms with Crippen LogP contribution in [-0.2, 0) is 17.1 Å². The average molecular weight is 403 g/mol. The summed E-state index contributed by atoms with van der Waals surface area (Å²) >= 11 is 0.974. The average Bonchev–Trinajstić information content (AvgIpc) is 2.93. The van der Waals surface area contributed by atoms with E-state index in [0.717, 1.165) is 11.3 Å². The summed E-state index contributed by atoms with van der Waals surface area (Å²) in [5, 5.41) is 2.62. The number of sulfonamides is 1. The fraction of sp³-hybridized carbons (Fsp3) is 0.111. The van der Waals surface area contributed by atoms with Gasteiger partial charge in [0, 0.05) is 13.6 Å². The third-order valence-corrected chi connectivity index (χ3v) is 6.26. The monoisotopic (exact) mass is 403 g/mol. The number of hydrogen-bond donors (Lipinski definition) is 2. The number of carbonyl (C=O) groups excluding carboxylic acids is 1. The summed E-state index contributed by atoms with van der Waals surface area (Å²) in [6.07, 6.45) is 1.53. The number of carbonyl (C=O) groups is 1. The van der Waals surface area contributed by atoms with E-state index in [-0.39, 0.29) is 27.6 Å². The number of benzene rings is 2. The molecule has 0 fully saturated rings. The highest BCUT2D eigenvalue weighted by Gasteiger charge is 2.19. The van der Waals surface area contributed by atoms with E-state index in [4.69, 9.17) is 0 Å². The van der Waals surface area contributed by atoms with Crippen molar-refractivity contribution in [2.45, 2.75) is 4.90 Å². The van der Waals surface area contributed by atoms with Crippen molar-refractivity contribution in [1.82, 2.24) is 9.88 Å². The summed E-state index contributed by atoms with van der Waals surface area (Å²) in [6, 6.07) is 10.8. The number of rotatable bonds is 6. The SMILES string of the molecule is C=CCNC(=O)c1ccccc1NS(=O)(=O)c1ccc2c(c1)sc(=O)n2C. The zero-order chi connectivity index (χ0) is 19.6. The van der Waals surface area contributed by atoms with E-state index in [1.165, 1.54) is 34.9 Å². The highest BCUT2D eigenvalue weighted by Crippen LogP contribution is 2.24. The van der Waals surface area contributed by atoms with Crippen LogP contribution < -0.4 is 14.9 Å². The number of nitrogens with zero attached hydrogens (tertiary/aromatic N) is 1. The van der Waals surface area contributed by atoms with Crippen molar-refractivity contribution in [3.63, 3.8) is 0 Å². The summed E-state index contributed by atoms with van der Waals surface area (Å²) < 4.78 is 30.1. The number of aromatic nitrogens is 1. The number of nitrogens with one attached hydrogen (secondary N) is 2. The molecule has 0 radical (unpaired) electrons. The molecular weight excluding hydrogens is 386 g/mol. The van der Waals surface area contributed by atoms with Crippen LogP contribution in [0.25, 0.3) is 10.2 Å². The number of anilines is 1. The Hall–Kier alpha value is -2.91. The summed E-state index contributed by atoms with van der Waals surface area (Å²) in [7, 11) is -2.31. The second kappa shape index (κ2) is 7.37. The molecule has 2 aromatic carbocycles. The Morgan fingerprint density at radius 1 is 1.26 bits per heavy atom. The first-order valence-corrected chi connectivity index (χ1v) is 10.2. The second-order valence-corrected chi connectivity index (χ2v) is 8.38. The smallest absolute Gasteiger partial charge is 0.307 e. The van der Waals surface area contributed by atoms with Crippen LogP contribution in [0.4, 0.5) is 5.69 Å². The molecule has 0 aliphatic heterocycles. The highest BCUT2D eigenvalue weighted by atomic mass is 32.2. The van der Waals surface area contributed by atoms with E-state index in [1.807, 2.05) is 0 Å². The molecular formula is C18H17N3O4S2. The first-order chi connectivity index (χ1) is 12.8. The summed E-state index contributed by atoms with van der Waals surface area (Å²) in [5.74, 6) is -0.412. The lowest BCUT2D eigenvalue weighted by Gasteiger charge is -2.12. The maximum absolute atomic E-state index is 12.8. The van der Waals surface area contributed by atoms with Gasteiger partial charge in [-0.25, -0.2) is 8.42 Å². The van der Waals surface area contributed by atoms with Crippen molar-refractivity contribution in [3.05, 3.63) is 70.4 Å². The highest BCUT2D eigenvalue weighted by molar-refractivity contribution is 7.92. The third-order valence-electron chi connectivity index (χ3n) is 3.90. The minimum absolute atomic E-state index is 0.0122. The lowest BCUT2D eigenvalue weighted by molar-refractivity contribution is 0.0959. The lowest BCUT2D eigenvalue weighted by Crippen LogP contribution is -2.25. The Kier molecular flexibility index (Phi) is 5.15. The molecule has 1 amide bonds. The topological polar surface area (TPSA) is 97.3 Å². The maximum atomic E-state index is 12.8. The molecule has 1 heterocycles. The van der Waals surface area contributed by atoms with Gasteiger partial charge in [0.05, 0.1) is 26.4 Å². The van der Waals surface area contributed by atoms with Crippen LogP contribution in [0.2, 0.25) is 0 Å². The van der Waals surface area contributed by atoms with Gasteiger partial charge in [-0.3, -0.25) is 14.3 Å². The summed E-state index contributed by atoms with van der Waals surface area (Å²) in [4.78, 5) is 23.8. The van der Waals surface area contributed by atoms with Crippen molar-refractivity contribution < 1.29 is 13.2 Å². The second-order valence-electron chi connectivity index (χ2n) is 5.71. The van der Waals surface area contributed by atoms with Gasteiger partial charge < -0.3 is 9.88 Å². The molecule has 0 aliphatic carbocycles. The molecule has 0 saturated carbocycles. The molecule has 0 aliphatic rings. The molecule has 2 N–H and O–H groups in total.